The monoisotopic (exact) mass is 462 g/mol. The molecule has 0 saturated carbocycles. The third-order valence-corrected chi connectivity index (χ3v) is 5.73. The van der Waals surface area contributed by atoms with Gasteiger partial charge in [0.15, 0.2) is 0 Å². The van der Waals surface area contributed by atoms with E-state index in [1.165, 1.54) is 0 Å². The molecule has 33 heavy (non-hydrogen) atoms. The summed E-state index contributed by atoms with van der Waals surface area (Å²) < 4.78 is 13.0. The van der Waals surface area contributed by atoms with Crippen molar-refractivity contribution in [2.24, 2.45) is 0 Å². The fourth-order valence-corrected chi connectivity index (χ4v) is 4.13. The van der Waals surface area contributed by atoms with Crippen LogP contribution in [0, 0.1) is 0 Å². The number of piperazine rings is 1. The molecule has 0 aromatic carbocycles. The van der Waals surface area contributed by atoms with Crippen molar-refractivity contribution >= 4 is 18.1 Å². The molecular weight excluding hydrogens is 424 g/mol. The fraction of sp³-hybridized carbons (Fsp3) is 0.708. The van der Waals surface area contributed by atoms with Gasteiger partial charge in [-0.3, -0.25) is 4.79 Å². The summed E-state index contributed by atoms with van der Waals surface area (Å²) in [5.74, 6) is -0.0292. The van der Waals surface area contributed by atoms with Crippen molar-refractivity contribution in [2.75, 3.05) is 39.3 Å². The molecule has 9 heteroatoms. The van der Waals surface area contributed by atoms with Crippen LogP contribution in [0.25, 0.3) is 0 Å². The molecular formula is C24H38N4O5. The minimum absolute atomic E-state index is 0.0292. The predicted octanol–water partition coefficient (Wildman–Crippen LogP) is 3.75. The Balaban J connectivity index is 1.55. The van der Waals surface area contributed by atoms with Crippen molar-refractivity contribution in [3.63, 3.8) is 0 Å². The molecule has 0 N–H and O–H groups in total. The van der Waals surface area contributed by atoms with E-state index < -0.39 is 11.2 Å². The molecule has 2 saturated heterocycles. The van der Waals surface area contributed by atoms with E-state index in [9.17, 15) is 14.4 Å². The standard InChI is InChI=1S/C24H38N4O5/c1-23(2,3)32-21(30)26-12-9-18(10-13-26)28-11-7-8-19(28)20(29)25-14-16-27(17-15-25)22(31)33-24(4,5)6/h7-8,11,18H,9-10,12-17H2,1-6H3. The van der Waals surface area contributed by atoms with Crippen LogP contribution in [0.1, 0.15) is 70.9 Å². The highest BCUT2D eigenvalue weighted by atomic mass is 16.6. The molecule has 3 heterocycles. The van der Waals surface area contributed by atoms with Crippen LogP contribution in [0.4, 0.5) is 9.59 Å². The first kappa shape index (κ1) is 24.9. The summed E-state index contributed by atoms with van der Waals surface area (Å²) in [5, 5.41) is 0. The van der Waals surface area contributed by atoms with Crippen LogP contribution < -0.4 is 0 Å². The summed E-state index contributed by atoms with van der Waals surface area (Å²) >= 11 is 0. The van der Waals surface area contributed by atoms with Gasteiger partial charge in [0.05, 0.1) is 0 Å². The van der Waals surface area contributed by atoms with Crippen LogP contribution in [-0.2, 0) is 9.47 Å². The molecule has 2 fully saturated rings. The number of amides is 3. The Kier molecular flexibility index (Phi) is 7.29. The van der Waals surface area contributed by atoms with Gasteiger partial charge in [-0.15, -0.1) is 0 Å². The van der Waals surface area contributed by atoms with Gasteiger partial charge < -0.3 is 28.7 Å². The Bertz CT molecular complexity index is 851. The predicted molar refractivity (Wildman–Crippen MR) is 124 cm³/mol. The zero-order valence-electron chi connectivity index (χ0n) is 20.8. The lowest BCUT2D eigenvalue weighted by molar-refractivity contribution is 0.0139. The third kappa shape index (κ3) is 6.65. The van der Waals surface area contributed by atoms with E-state index in [1.54, 1.807) is 14.7 Å². The lowest BCUT2D eigenvalue weighted by atomic mass is 10.0. The van der Waals surface area contributed by atoms with E-state index in [0.717, 1.165) is 12.8 Å². The molecule has 184 valence electrons. The van der Waals surface area contributed by atoms with E-state index >= 15 is 0 Å². The third-order valence-electron chi connectivity index (χ3n) is 5.73. The van der Waals surface area contributed by atoms with Gasteiger partial charge >= 0.3 is 12.2 Å². The van der Waals surface area contributed by atoms with Gasteiger partial charge in [-0.05, 0) is 66.5 Å². The van der Waals surface area contributed by atoms with E-state index in [-0.39, 0.29) is 24.1 Å². The zero-order valence-corrected chi connectivity index (χ0v) is 20.8. The first-order valence-electron chi connectivity index (χ1n) is 11.8. The van der Waals surface area contributed by atoms with E-state index in [4.69, 9.17) is 9.47 Å². The highest BCUT2D eigenvalue weighted by Gasteiger charge is 2.32. The van der Waals surface area contributed by atoms with Crippen molar-refractivity contribution in [1.29, 1.82) is 0 Å². The van der Waals surface area contributed by atoms with Crippen molar-refractivity contribution in [3.05, 3.63) is 24.0 Å². The molecule has 9 nitrogen and oxygen atoms in total. The van der Waals surface area contributed by atoms with Crippen molar-refractivity contribution in [2.45, 2.75) is 71.6 Å². The van der Waals surface area contributed by atoms with Gasteiger partial charge in [0.25, 0.3) is 5.91 Å². The summed E-state index contributed by atoms with van der Waals surface area (Å²) in [6.45, 7) is 14.2. The molecule has 0 bridgehead atoms. The smallest absolute Gasteiger partial charge is 0.410 e. The first-order chi connectivity index (χ1) is 15.3. The summed E-state index contributed by atoms with van der Waals surface area (Å²) in [6.07, 6.45) is 2.85. The second-order valence-corrected chi connectivity index (χ2v) is 10.8. The van der Waals surface area contributed by atoms with Crippen LogP contribution in [0.3, 0.4) is 0 Å². The molecule has 0 aliphatic carbocycles. The maximum Gasteiger partial charge on any atom is 0.410 e. The van der Waals surface area contributed by atoms with Crippen LogP contribution in [0.5, 0.6) is 0 Å². The number of piperidine rings is 1. The van der Waals surface area contributed by atoms with Gasteiger partial charge in [0.1, 0.15) is 16.9 Å². The van der Waals surface area contributed by atoms with Gasteiger partial charge in [-0.2, -0.15) is 0 Å². The van der Waals surface area contributed by atoms with Gasteiger partial charge in [-0.1, -0.05) is 0 Å². The number of aromatic nitrogens is 1. The molecule has 0 spiro atoms. The van der Waals surface area contributed by atoms with Crippen molar-refractivity contribution < 1.29 is 23.9 Å². The maximum absolute atomic E-state index is 13.2. The average Bonchev–Trinajstić information content (AvgIpc) is 3.21. The van der Waals surface area contributed by atoms with Crippen LogP contribution in [0.15, 0.2) is 18.3 Å². The topological polar surface area (TPSA) is 84.3 Å². The van der Waals surface area contributed by atoms with E-state index in [1.807, 2.05) is 64.4 Å². The second-order valence-electron chi connectivity index (χ2n) is 10.8. The van der Waals surface area contributed by atoms with Crippen LogP contribution >= 0.6 is 0 Å². The number of ether oxygens (including phenoxy) is 2. The quantitative estimate of drug-likeness (QED) is 0.668. The number of rotatable bonds is 2. The number of likely N-dealkylation sites (tertiary alicyclic amines) is 1. The Morgan fingerprint density at radius 2 is 1.21 bits per heavy atom. The summed E-state index contributed by atoms with van der Waals surface area (Å²) in [4.78, 5) is 43.1. The molecule has 0 atom stereocenters. The van der Waals surface area contributed by atoms with Crippen molar-refractivity contribution in [3.8, 4) is 0 Å². The number of hydrogen-bond donors (Lipinski definition) is 0. The Labute approximate surface area is 196 Å². The number of carbonyl (C=O) groups excluding carboxylic acids is 3. The number of carbonyl (C=O) groups is 3. The van der Waals surface area contributed by atoms with Gasteiger partial charge in [-0.25, -0.2) is 9.59 Å². The first-order valence-corrected chi connectivity index (χ1v) is 11.8. The highest BCUT2D eigenvalue weighted by molar-refractivity contribution is 5.93. The molecule has 0 unspecified atom stereocenters. The Hall–Kier alpha value is -2.71. The minimum Gasteiger partial charge on any atom is -0.444 e. The minimum atomic E-state index is -0.538. The Morgan fingerprint density at radius 3 is 1.70 bits per heavy atom. The molecule has 3 amide bonds. The highest BCUT2D eigenvalue weighted by Crippen LogP contribution is 2.26. The summed E-state index contributed by atoms with van der Waals surface area (Å²) in [5.41, 5.74) is -0.401. The molecule has 2 aliphatic rings. The second kappa shape index (κ2) is 9.65. The van der Waals surface area contributed by atoms with Crippen LogP contribution in [0.2, 0.25) is 0 Å². The SMILES string of the molecule is CC(C)(C)OC(=O)N1CCC(n2cccc2C(=O)N2CCN(C(=O)OC(C)(C)C)CC2)CC1. The number of nitrogens with zero attached hydrogens (tertiary/aromatic N) is 4. The number of hydrogen-bond acceptors (Lipinski definition) is 5. The molecule has 3 rings (SSSR count). The van der Waals surface area contributed by atoms with Gasteiger partial charge in [0, 0.05) is 51.5 Å². The summed E-state index contributed by atoms with van der Waals surface area (Å²) in [7, 11) is 0. The molecule has 2 aliphatic heterocycles. The lowest BCUT2D eigenvalue weighted by Crippen LogP contribution is -2.52. The zero-order chi connectivity index (χ0) is 24.4. The van der Waals surface area contributed by atoms with Gasteiger partial charge in [0.2, 0.25) is 0 Å². The van der Waals surface area contributed by atoms with Crippen molar-refractivity contribution in [1.82, 2.24) is 19.3 Å². The Morgan fingerprint density at radius 1 is 0.758 bits per heavy atom. The normalized spacial score (nSPS) is 18.3. The lowest BCUT2D eigenvalue weighted by Gasteiger charge is -2.37. The molecule has 1 aromatic heterocycles. The van der Waals surface area contributed by atoms with Crippen LogP contribution in [-0.4, -0.2) is 87.8 Å². The fourth-order valence-electron chi connectivity index (χ4n) is 4.13. The largest absolute Gasteiger partial charge is 0.444 e. The van der Waals surface area contributed by atoms with E-state index in [0.29, 0.717) is 45.0 Å². The molecule has 1 aromatic rings. The van der Waals surface area contributed by atoms with E-state index in [2.05, 4.69) is 0 Å². The molecule has 0 radical (unpaired) electrons. The maximum atomic E-state index is 13.2. The summed E-state index contributed by atoms with van der Waals surface area (Å²) in [6, 6.07) is 3.90. The average molecular weight is 463 g/mol.